The summed E-state index contributed by atoms with van der Waals surface area (Å²) in [5.74, 6) is 1.31. The van der Waals surface area contributed by atoms with Crippen molar-refractivity contribution in [2.75, 3.05) is 18.1 Å². The lowest BCUT2D eigenvalue weighted by Gasteiger charge is -2.27. The van der Waals surface area contributed by atoms with E-state index < -0.39 is 9.84 Å². The number of para-hydroxylation sites is 1. The summed E-state index contributed by atoms with van der Waals surface area (Å²) in [6.45, 7) is 3.48. The molecule has 1 aromatic carbocycles. The van der Waals surface area contributed by atoms with Gasteiger partial charge in [0.2, 0.25) is 4.77 Å². The van der Waals surface area contributed by atoms with Gasteiger partial charge in [0.15, 0.2) is 15.7 Å². The third-order valence-electron chi connectivity index (χ3n) is 5.43. The molecule has 0 spiro atoms. The highest BCUT2D eigenvalue weighted by Crippen LogP contribution is 2.27. The molecule has 3 heterocycles. The summed E-state index contributed by atoms with van der Waals surface area (Å²) in [7, 11) is -2.95. The van der Waals surface area contributed by atoms with E-state index in [-0.39, 0.29) is 17.5 Å². The number of benzene rings is 1. The van der Waals surface area contributed by atoms with Gasteiger partial charge in [-0.05, 0) is 48.6 Å². The van der Waals surface area contributed by atoms with Gasteiger partial charge in [0.05, 0.1) is 23.1 Å². The number of sulfone groups is 1. The van der Waals surface area contributed by atoms with Crippen LogP contribution < -0.4 is 0 Å². The summed E-state index contributed by atoms with van der Waals surface area (Å²) >= 11 is 7.47. The molecule has 1 atom stereocenters. The predicted octanol–water partition coefficient (Wildman–Crippen LogP) is 4.38. The first-order chi connectivity index (χ1) is 14.5. The van der Waals surface area contributed by atoms with Crippen molar-refractivity contribution in [3.63, 3.8) is 0 Å². The van der Waals surface area contributed by atoms with E-state index in [0.29, 0.717) is 17.9 Å². The van der Waals surface area contributed by atoms with Crippen LogP contribution in [-0.4, -0.2) is 51.8 Å². The van der Waals surface area contributed by atoms with E-state index in [4.69, 9.17) is 17.3 Å². The molecule has 160 valence electrons. The normalized spacial score (nSPS) is 18.3. The molecule has 1 saturated heterocycles. The van der Waals surface area contributed by atoms with Crippen molar-refractivity contribution < 1.29 is 8.42 Å². The van der Waals surface area contributed by atoms with Gasteiger partial charge in [0, 0.05) is 18.3 Å². The minimum atomic E-state index is -2.95. The monoisotopic (exact) mass is 462 g/mol. The maximum Gasteiger partial charge on any atom is 0.204 e. The van der Waals surface area contributed by atoms with Gasteiger partial charge in [0.1, 0.15) is 0 Å². The molecular weight excluding hydrogens is 436 g/mol. The van der Waals surface area contributed by atoms with E-state index in [1.54, 1.807) is 11.3 Å². The summed E-state index contributed by atoms with van der Waals surface area (Å²) in [4.78, 5) is 3.29. The summed E-state index contributed by atoms with van der Waals surface area (Å²) in [6.07, 6.45) is 2.75. The molecule has 9 heteroatoms. The Morgan fingerprint density at radius 1 is 1.23 bits per heavy atom. The number of thiophene rings is 1. The number of rotatable bonds is 8. The van der Waals surface area contributed by atoms with E-state index in [9.17, 15) is 8.42 Å². The minimum Gasteiger partial charge on any atom is -0.280 e. The first-order valence-corrected chi connectivity index (χ1v) is 13.3. The fraction of sp³-hybridized carbons (Fsp3) is 0.429. The van der Waals surface area contributed by atoms with E-state index in [2.05, 4.69) is 11.8 Å². The lowest BCUT2D eigenvalue weighted by Crippen LogP contribution is -2.38. The third kappa shape index (κ3) is 4.59. The van der Waals surface area contributed by atoms with Crippen LogP contribution in [0.1, 0.15) is 26.2 Å². The van der Waals surface area contributed by atoms with Crippen LogP contribution in [0, 0.1) is 4.77 Å². The van der Waals surface area contributed by atoms with Gasteiger partial charge in [-0.15, -0.1) is 16.4 Å². The Labute approximate surface area is 186 Å². The average molecular weight is 463 g/mol. The van der Waals surface area contributed by atoms with Crippen LogP contribution >= 0.6 is 23.6 Å². The van der Waals surface area contributed by atoms with Gasteiger partial charge >= 0.3 is 0 Å². The zero-order valence-corrected chi connectivity index (χ0v) is 19.4. The third-order valence-corrected chi connectivity index (χ3v) is 8.44. The second-order valence-corrected chi connectivity index (χ2v) is 11.2. The van der Waals surface area contributed by atoms with E-state index in [0.717, 1.165) is 35.8 Å². The Balaban J connectivity index is 1.72. The quantitative estimate of drug-likeness (QED) is 0.465. The molecular formula is C21H26N4O2S3. The maximum atomic E-state index is 12.1. The van der Waals surface area contributed by atoms with Crippen LogP contribution in [0.4, 0.5) is 0 Å². The lowest BCUT2D eigenvalue weighted by atomic mass is 10.2. The number of aromatic nitrogens is 3. The van der Waals surface area contributed by atoms with Gasteiger partial charge < -0.3 is 0 Å². The van der Waals surface area contributed by atoms with Crippen molar-refractivity contribution in [2.24, 2.45) is 0 Å². The van der Waals surface area contributed by atoms with Gasteiger partial charge in [-0.25, -0.2) is 13.1 Å². The smallest absolute Gasteiger partial charge is 0.204 e. The van der Waals surface area contributed by atoms with Crippen molar-refractivity contribution in [3.8, 4) is 16.4 Å². The Morgan fingerprint density at radius 2 is 2.03 bits per heavy atom. The highest BCUT2D eigenvalue weighted by Gasteiger charge is 2.32. The van der Waals surface area contributed by atoms with Crippen molar-refractivity contribution in [1.29, 1.82) is 0 Å². The highest BCUT2D eigenvalue weighted by atomic mass is 32.2. The number of hydrogen-bond acceptors (Lipinski definition) is 6. The Kier molecular flexibility index (Phi) is 6.52. The fourth-order valence-electron chi connectivity index (χ4n) is 3.84. The second kappa shape index (κ2) is 9.13. The van der Waals surface area contributed by atoms with E-state index >= 15 is 0 Å². The fourth-order valence-corrected chi connectivity index (χ4v) is 6.59. The second-order valence-electron chi connectivity index (χ2n) is 7.62. The molecule has 30 heavy (non-hydrogen) atoms. The molecule has 0 bridgehead atoms. The lowest BCUT2D eigenvalue weighted by molar-refractivity contribution is 0.152. The first-order valence-electron chi connectivity index (χ1n) is 10.2. The first kappa shape index (κ1) is 21.4. The molecule has 3 aromatic rings. The summed E-state index contributed by atoms with van der Waals surface area (Å²) in [6, 6.07) is 14.1. The van der Waals surface area contributed by atoms with Crippen molar-refractivity contribution in [2.45, 2.75) is 38.9 Å². The summed E-state index contributed by atoms with van der Waals surface area (Å²) < 4.78 is 28.6. The predicted molar refractivity (Wildman–Crippen MR) is 124 cm³/mol. The maximum absolute atomic E-state index is 12.1. The van der Waals surface area contributed by atoms with Gasteiger partial charge in [-0.2, -0.15) is 0 Å². The summed E-state index contributed by atoms with van der Waals surface area (Å²) in [5.41, 5.74) is 0.973. The Morgan fingerprint density at radius 3 is 2.67 bits per heavy atom. The van der Waals surface area contributed by atoms with Gasteiger partial charge in [-0.3, -0.25) is 9.47 Å². The van der Waals surface area contributed by atoms with Crippen LogP contribution in [0.3, 0.4) is 0 Å². The average Bonchev–Trinajstić information content (AvgIpc) is 3.45. The molecule has 1 fully saturated rings. The minimum absolute atomic E-state index is 0.0236. The van der Waals surface area contributed by atoms with Gasteiger partial charge in [-0.1, -0.05) is 37.6 Å². The molecule has 1 aliphatic heterocycles. The van der Waals surface area contributed by atoms with Crippen LogP contribution in [-0.2, 0) is 16.5 Å². The molecule has 2 aromatic heterocycles. The molecule has 1 aliphatic rings. The molecule has 0 N–H and O–H groups in total. The summed E-state index contributed by atoms with van der Waals surface area (Å²) in [5, 5.41) is 6.91. The zero-order valence-electron chi connectivity index (χ0n) is 17.0. The SMILES string of the molecule is CCCCN(Cn1nc(-c2cccs2)n(-c2ccccc2)c1=S)[C@@H]1CCS(=O)(=O)C1. The molecule has 0 radical (unpaired) electrons. The van der Waals surface area contributed by atoms with Crippen LogP contribution in [0.25, 0.3) is 16.4 Å². The van der Waals surface area contributed by atoms with Crippen LogP contribution in [0.2, 0.25) is 0 Å². The van der Waals surface area contributed by atoms with Crippen LogP contribution in [0.15, 0.2) is 47.8 Å². The molecule has 4 rings (SSSR count). The topological polar surface area (TPSA) is 60.1 Å². The highest BCUT2D eigenvalue weighted by molar-refractivity contribution is 7.91. The molecule has 0 amide bonds. The number of hydrogen-bond donors (Lipinski definition) is 0. The number of unbranched alkanes of at least 4 members (excludes halogenated alkanes) is 1. The van der Waals surface area contributed by atoms with Crippen molar-refractivity contribution in [3.05, 3.63) is 52.6 Å². The zero-order chi connectivity index (χ0) is 21.1. The van der Waals surface area contributed by atoms with Gasteiger partial charge in [0.25, 0.3) is 0 Å². The van der Waals surface area contributed by atoms with Crippen molar-refractivity contribution >= 4 is 33.4 Å². The standard InChI is InChI=1S/C21H26N4O2S3/c1-2-3-12-23(18-11-14-30(26,27)15-18)16-24-21(28)25(17-8-5-4-6-9-17)20(22-24)19-10-7-13-29-19/h4-10,13,18H,2-3,11-12,14-16H2,1H3/t18-/m1/s1. The largest absolute Gasteiger partial charge is 0.280 e. The molecule has 0 unspecified atom stereocenters. The van der Waals surface area contributed by atoms with Crippen LogP contribution in [0.5, 0.6) is 0 Å². The number of nitrogens with zero attached hydrogens (tertiary/aromatic N) is 4. The molecule has 6 nitrogen and oxygen atoms in total. The molecule has 0 saturated carbocycles. The van der Waals surface area contributed by atoms with E-state index in [1.165, 1.54) is 0 Å². The molecule has 0 aliphatic carbocycles. The Bertz CT molecular complexity index is 1130. The Hall–Kier alpha value is -1.81. The van der Waals surface area contributed by atoms with Crippen molar-refractivity contribution in [1.82, 2.24) is 19.2 Å². The van der Waals surface area contributed by atoms with E-state index in [1.807, 2.05) is 57.1 Å².